The molecule has 0 aromatic heterocycles. The van der Waals surface area contributed by atoms with E-state index in [0.29, 0.717) is 0 Å². The van der Waals surface area contributed by atoms with E-state index in [0.717, 1.165) is 26.2 Å². The van der Waals surface area contributed by atoms with Crippen molar-refractivity contribution < 1.29 is 4.74 Å². The van der Waals surface area contributed by atoms with Crippen molar-refractivity contribution in [2.24, 2.45) is 0 Å². The molecule has 2 aliphatic rings. The van der Waals surface area contributed by atoms with E-state index in [1.165, 1.54) is 13.0 Å². The van der Waals surface area contributed by atoms with E-state index in [-0.39, 0.29) is 5.60 Å². The first-order valence-electron chi connectivity index (χ1n) is 5.71. The molecule has 1 atom stereocenters. The van der Waals surface area contributed by atoms with E-state index in [4.69, 9.17) is 4.74 Å². The van der Waals surface area contributed by atoms with Crippen molar-refractivity contribution in [3.8, 4) is 0 Å². The molecule has 1 spiro atoms. The summed E-state index contributed by atoms with van der Waals surface area (Å²) in [5.41, 5.74) is 0.168. The SMILES string of the molecule is CC.CN1CCOC2(CCN(C)C2)C1. The highest BCUT2D eigenvalue weighted by atomic mass is 16.5. The molecule has 3 nitrogen and oxygen atoms in total. The number of rotatable bonds is 0. The highest BCUT2D eigenvalue weighted by Gasteiger charge is 2.40. The lowest BCUT2D eigenvalue weighted by molar-refractivity contribution is -0.0939. The first-order chi connectivity index (χ1) is 6.70. The van der Waals surface area contributed by atoms with Gasteiger partial charge in [-0.3, -0.25) is 0 Å². The summed E-state index contributed by atoms with van der Waals surface area (Å²) in [4.78, 5) is 4.74. The summed E-state index contributed by atoms with van der Waals surface area (Å²) in [5.74, 6) is 0. The number of likely N-dealkylation sites (N-methyl/N-ethyl adjacent to an activating group) is 2. The maximum atomic E-state index is 5.88. The normalized spacial score (nSPS) is 34.3. The minimum Gasteiger partial charge on any atom is -0.371 e. The van der Waals surface area contributed by atoms with Crippen LogP contribution in [0.15, 0.2) is 0 Å². The second kappa shape index (κ2) is 5.10. The van der Waals surface area contributed by atoms with E-state index < -0.39 is 0 Å². The lowest BCUT2D eigenvalue weighted by Crippen LogP contribution is -2.51. The monoisotopic (exact) mass is 200 g/mol. The molecule has 0 radical (unpaired) electrons. The molecular formula is C11H24N2O. The third-order valence-corrected chi connectivity index (χ3v) is 2.95. The van der Waals surface area contributed by atoms with Crippen LogP contribution >= 0.6 is 0 Å². The van der Waals surface area contributed by atoms with Crippen molar-refractivity contribution in [2.45, 2.75) is 25.9 Å². The molecule has 1 unspecified atom stereocenters. The van der Waals surface area contributed by atoms with Crippen molar-refractivity contribution in [2.75, 3.05) is 46.9 Å². The molecule has 14 heavy (non-hydrogen) atoms. The van der Waals surface area contributed by atoms with Crippen molar-refractivity contribution in [1.29, 1.82) is 0 Å². The number of ether oxygens (including phenoxy) is 1. The van der Waals surface area contributed by atoms with E-state index in [1.54, 1.807) is 0 Å². The second-order valence-electron chi connectivity index (χ2n) is 4.26. The fraction of sp³-hybridized carbons (Fsp3) is 1.00. The van der Waals surface area contributed by atoms with Crippen LogP contribution in [-0.4, -0.2) is 62.3 Å². The van der Waals surface area contributed by atoms with Crippen molar-refractivity contribution >= 4 is 0 Å². The number of hydrogen-bond acceptors (Lipinski definition) is 3. The Labute approximate surface area is 88.0 Å². The Morgan fingerprint density at radius 1 is 1.00 bits per heavy atom. The first-order valence-corrected chi connectivity index (χ1v) is 5.71. The maximum Gasteiger partial charge on any atom is 0.0947 e. The van der Waals surface area contributed by atoms with Crippen LogP contribution in [-0.2, 0) is 4.74 Å². The van der Waals surface area contributed by atoms with E-state index >= 15 is 0 Å². The van der Waals surface area contributed by atoms with Crippen LogP contribution in [0.3, 0.4) is 0 Å². The average Bonchev–Trinajstić information content (AvgIpc) is 2.50. The third-order valence-electron chi connectivity index (χ3n) is 2.95. The van der Waals surface area contributed by atoms with Gasteiger partial charge in [0, 0.05) is 26.2 Å². The zero-order valence-corrected chi connectivity index (χ0v) is 10.0. The Morgan fingerprint density at radius 2 is 1.57 bits per heavy atom. The molecule has 2 fully saturated rings. The molecular weight excluding hydrogens is 176 g/mol. The largest absolute Gasteiger partial charge is 0.371 e. The summed E-state index contributed by atoms with van der Waals surface area (Å²) < 4.78 is 5.88. The summed E-state index contributed by atoms with van der Waals surface area (Å²) in [6.45, 7) is 9.40. The molecule has 84 valence electrons. The van der Waals surface area contributed by atoms with Gasteiger partial charge >= 0.3 is 0 Å². The Morgan fingerprint density at radius 3 is 2.07 bits per heavy atom. The van der Waals surface area contributed by atoms with Gasteiger partial charge in [-0.2, -0.15) is 0 Å². The number of nitrogens with zero attached hydrogens (tertiary/aromatic N) is 2. The highest BCUT2D eigenvalue weighted by molar-refractivity contribution is 4.94. The van der Waals surface area contributed by atoms with Crippen LogP contribution in [0.1, 0.15) is 20.3 Å². The van der Waals surface area contributed by atoms with Gasteiger partial charge in [0.05, 0.1) is 12.2 Å². The lowest BCUT2D eigenvalue weighted by Gasteiger charge is -2.38. The van der Waals surface area contributed by atoms with Gasteiger partial charge in [-0.15, -0.1) is 0 Å². The standard InChI is InChI=1S/C9H18N2O.C2H6/c1-10-4-3-9(7-10)8-11(2)5-6-12-9;1-2/h3-8H2,1-2H3;1-2H3. The number of morpholine rings is 1. The van der Waals surface area contributed by atoms with Crippen LogP contribution < -0.4 is 0 Å². The number of hydrogen-bond donors (Lipinski definition) is 0. The van der Waals surface area contributed by atoms with Crippen molar-refractivity contribution in [3.63, 3.8) is 0 Å². The highest BCUT2D eigenvalue weighted by Crippen LogP contribution is 2.27. The van der Waals surface area contributed by atoms with Gasteiger partial charge in [0.1, 0.15) is 0 Å². The summed E-state index contributed by atoms with van der Waals surface area (Å²) in [5, 5.41) is 0. The molecule has 0 N–H and O–H groups in total. The summed E-state index contributed by atoms with van der Waals surface area (Å²) in [6.07, 6.45) is 1.20. The molecule has 0 amide bonds. The predicted molar refractivity (Wildman–Crippen MR) is 59.6 cm³/mol. The average molecular weight is 200 g/mol. The zero-order chi connectivity index (χ0) is 10.6. The Bertz CT molecular complexity index is 171. The molecule has 0 saturated carbocycles. The predicted octanol–water partition coefficient (Wildman–Crippen LogP) is 1.05. The van der Waals surface area contributed by atoms with E-state index in [2.05, 4.69) is 23.9 Å². The van der Waals surface area contributed by atoms with Gasteiger partial charge in [0.2, 0.25) is 0 Å². The van der Waals surface area contributed by atoms with Gasteiger partial charge in [-0.05, 0) is 20.5 Å². The molecule has 0 aromatic carbocycles. The Kier molecular flexibility index (Phi) is 4.35. The van der Waals surface area contributed by atoms with Gasteiger partial charge in [0.25, 0.3) is 0 Å². The Hall–Kier alpha value is -0.120. The van der Waals surface area contributed by atoms with Crippen LogP contribution in [0.2, 0.25) is 0 Å². The van der Waals surface area contributed by atoms with Crippen LogP contribution in [0.25, 0.3) is 0 Å². The van der Waals surface area contributed by atoms with Crippen LogP contribution in [0, 0.1) is 0 Å². The maximum absolute atomic E-state index is 5.88. The smallest absolute Gasteiger partial charge is 0.0947 e. The van der Waals surface area contributed by atoms with E-state index in [1.807, 2.05) is 13.8 Å². The molecule has 2 aliphatic heterocycles. The third kappa shape index (κ3) is 2.69. The van der Waals surface area contributed by atoms with Gasteiger partial charge in [0.15, 0.2) is 0 Å². The molecule has 2 rings (SSSR count). The summed E-state index contributed by atoms with van der Waals surface area (Å²) >= 11 is 0. The Balaban J connectivity index is 0.000000461. The molecule has 2 saturated heterocycles. The fourth-order valence-electron chi connectivity index (χ4n) is 2.33. The van der Waals surface area contributed by atoms with Crippen molar-refractivity contribution in [3.05, 3.63) is 0 Å². The minimum absolute atomic E-state index is 0.168. The summed E-state index contributed by atoms with van der Waals surface area (Å²) in [6, 6.07) is 0. The molecule has 0 aromatic rings. The topological polar surface area (TPSA) is 15.7 Å². The van der Waals surface area contributed by atoms with Crippen LogP contribution in [0.4, 0.5) is 0 Å². The van der Waals surface area contributed by atoms with E-state index in [9.17, 15) is 0 Å². The summed E-state index contributed by atoms with van der Waals surface area (Å²) in [7, 11) is 4.36. The van der Waals surface area contributed by atoms with Crippen molar-refractivity contribution in [1.82, 2.24) is 9.80 Å². The van der Waals surface area contributed by atoms with Gasteiger partial charge in [-0.1, -0.05) is 13.8 Å². The fourth-order valence-corrected chi connectivity index (χ4v) is 2.33. The van der Waals surface area contributed by atoms with Gasteiger partial charge in [-0.25, -0.2) is 0 Å². The first kappa shape index (κ1) is 12.0. The lowest BCUT2D eigenvalue weighted by atomic mass is 10.0. The number of likely N-dealkylation sites (tertiary alicyclic amines) is 1. The molecule has 0 aliphatic carbocycles. The molecule has 0 bridgehead atoms. The van der Waals surface area contributed by atoms with Crippen LogP contribution in [0.5, 0.6) is 0 Å². The second-order valence-corrected chi connectivity index (χ2v) is 4.26. The van der Waals surface area contributed by atoms with Gasteiger partial charge < -0.3 is 14.5 Å². The molecule has 3 heteroatoms. The molecule has 2 heterocycles. The zero-order valence-electron chi connectivity index (χ0n) is 10.0. The quantitative estimate of drug-likeness (QED) is 0.581. The minimum atomic E-state index is 0.168.